The molecule has 1 aliphatic heterocycles. The fourth-order valence-electron chi connectivity index (χ4n) is 3.12. The lowest BCUT2D eigenvalue weighted by atomic mass is 9.96. The maximum atomic E-state index is 13.1. The van der Waals surface area contributed by atoms with Gasteiger partial charge in [-0.3, -0.25) is 9.78 Å². The van der Waals surface area contributed by atoms with Crippen LogP contribution in [0.5, 0.6) is 0 Å². The van der Waals surface area contributed by atoms with E-state index in [1.165, 1.54) is 19.1 Å². The van der Waals surface area contributed by atoms with E-state index in [0.717, 1.165) is 23.1 Å². The Morgan fingerprint density at radius 1 is 1.11 bits per heavy atom. The average molecular weight is 403 g/mol. The Morgan fingerprint density at radius 3 is 2.36 bits per heavy atom. The van der Waals surface area contributed by atoms with Crippen LogP contribution in [0.2, 0.25) is 0 Å². The van der Waals surface area contributed by atoms with E-state index in [9.17, 15) is 31.1 Å². The monoisotopic (exact) mass is 403 g/mol. The molecule has 150 valence electrons. The highest BCUT2D eigenvalue weighted by molar-refractivity contribution is 6.00. The Bertz CT molecular complexity index is 909. The average Bonchev–Trinajstić information content (AvgIpc) is 2.60. The highest BCUT2D eigenvalue weighted by Crippen LogP contribution is 2.39. The predicted octanol–water partition coefficient (Wildman–Crippen LogP) is 4.10. The molecule has 0 spiro atoms. The van der Waals surface area contributed by atoms with Gasteiger partial charge >= 0.3 is 12.4 Å². The van der Waals surface area contributed by atoms with Gasteiger partial charge < -0.3 is 10.6 Å². The molecule has 2 heterocycles. The summed E-state index contributed by atoms with van der Waals surface area (Å²) >= 11 is 0. The summed E-state index contributed by atoms with van der Waals surface area (Å²) in [5.74, 6) is -0.682. The van der Waals surface area contributed by atoms with Crippen LogP contribution in [0, 0.1) is 0 Å². The third kappa shape index (κ3) is 3.68. The molecule has 0 aliphatic carbocycles. The van der Waals surface area contributed by atoms with Gasteiger partial charge in [0.25, 0.3) is 0 Å². The van der Waals surface area contributed by atoms with Crippen molar-refractivity contribution in [2.45, 2.75) is 37.8 Å². The van der Waals surface area contributed by atoms with Crippen LogP contribution in [0.3, 0.4) is 0 Å². The maximum absolute atomic E-state index is 13.1. The van der Waals surface area contributed by atoms with Gasteiger partial charge in [0.05, 0.1) is 34.6 Å². The smallest absolute Gasteiger partial charge is 0.320 e. The summed E-state index contributed by atoms with van der Waals surface area (Å²) in [6.45, 7) is 1.43. The Kier molecular flexibility index (Phi) is 4.86. The largest absolute Gasteiger partial charge is 0.417 e. The first-order valence-corrected chi connectivity index (χ1v) is 8.21. The molecule has 1 amide bonds. The first-order chi connectivity index (χ1) is 12.9. The third-order valence-electron chi connectivity index (χ3n) is 4.59. The first-order valence-electron chi connectivity index (χ1n) is 8.21. The van der Waals surface area contributed by atoms with E-state index in [0.29, 0.717) is 6.20 Å². The van der Waals surface area contributed by atoms with Gasteiger partial charge in [-0.1, -0.05) is 12.1 Å². The number of benzene rings is 1. The van der Waals surface area contributed by atoms with Crippen molar-refractivity contribution in [1.82, 2.24) is 4.98 Å². The molecule has 10 heteroatoms. The minimum absolute atomic E-state index is 0.0574. The summed E-state index contributed by atoms with van der Waals surface area (Å²) in [5, 5.41) is 0. The maximum Gasteiger partial charge on any atom is 0.417 e. The molecule has 1 aromatic carbocycles. The molecular formula is C18H15F6N3O. The highest BCUT2D eigenvalue weighted by atomic mass is 19.4. The molecule has 0 radical (unpaired) electrons. The molecule has 2 aromatic rings. The standard InChI is InChI=1S/C18H15F6N3O/c1-9(10-3-2-4-11(5-10)17(19,20)21)27-15-6-12(18(22,23)24)8-26-14(15)7-13(25)16(27)28/h2-6,8-9,13H,7,25H2,1H3/t9-,13+/m0/s1. The molecular weight excluding hydrogens is 388 g/mol. The summed E-state index contributed by atoms with van der Waals surface area (Å²) in [7, 11) is 0. The number of amides is 1. The summed E-state index contributed by atoms with van der Waals surface area (Å²) < 4.78 is 78.2. The van der Waals surface area contributed by atoms with Gasteiger partial charge in [-0.05, 0) is 30.7 Å². The van der Waals surface area contributed by atoms with Crippen LogP contribution in [0.4, 0.5) is 32.0 Å². The van der Waals surface area contributed by atoms with Gasteiger partial charge in [0.15, 0.2) is 0 Å². The van der Waals surface area contributed by atoms with Crippen molar-refractivity contribution in [2.75, 3.05) is 4.90 Å². The van der Waals surface area contributed by atoms with Crippen LogP contribution in [-0.4, -0.2) is 16.9 Å². The summed E-state index contributed by atoms with van der Waals surface area (Å²) in [5.41, 5.74) is 3.99. The molecule has 0 saturated heterocycles. The molecule has 2 atom stereocenters. The Morgan fingerprint density at radius 2 is 1.75 bits per heavy atom. The van der Waals surface area contributed by atoms with Gasteiger partial charge in [-0.25, -0.2) is 0 Å². The van der Waals surface area contributed by atoms with E-state index >= 15 is 0 Å². The molecule has 28 heavy (non-hydrogen) atoms. The van der Waals surface area contributed by atoms with Crippen LogP contribution < -0.4 is 10.6 Å². The van der Waals surface area contributed by atoms with Gasteiger partial charge in [0, 0.05) is 12.6 Å². The second-order valence-electron chi connectivity index (χ2n) is 6.51. The van der Waals surface area contributed by atoms with Crippen molar-refractivity contribution < 1.29 is 31.1 Å². The number of aromatic nitrogens is 1. The lowest BCUT2D eigenvalue weighted by molar-refractivity contribution is -0.138. The van der Waals surface area contributed by atoms with Gasteiger partial charge in [0.2, 0.25) is 5.91 Å². The number of nitrogens with zero attached hydrogens (tertiary/aromatic N) is 2. The van der Waals surface area contributed by atoms with E-state index in [-0.39, 0.29) is 23.4 Å². The van der Waals surface area contributed by atoms with Crippen molar-refractivity contribution in [2.24, 2.45) is 5.73 Å². The van der Waals surface area contributed by atoms with Gasteiger partial charge in [-0.2, -0.15) is 26.3 Å². The number of anilines is 1. The Balaban J connectivity index is 2.10. The molecule has 1 aliphatic rings. The van der Waals surface area contributed by atoms with E-state index in [4.69, 9.17) is 5.73 Å². The number of rotatable bonds is 2. The van der Waals surface area contributed by atoms with Crippen molar-refractivity contribution >= 4 is 11.6 Å². The summed E-state index contributed by atoms with van der Waals surface area (Å²) in [6.07, 6.45) is -8.69. The summed E-state index contributed by atoms with van der Waals surface area (Å²) in [6, 6.07) is 3.02. The molecule has 0 saturated carbocycles. The van der Waals surface area contributed by atoms with Gasteiger partial charge in [0.1, 0.15) is 0 Å². The van der Waals surface area contributed by atoms with Crippen molar-refractivity contribution in [3.8, 4) is 0 Å². The SMILES string of the molecule is C[C@@H](c1cccc(C(F)(F)F)c1)N1C(=O)[C@H](N)Cc2ncc(C(F)(F)F)cc21. The highest BCUT2D eigenvalue weighted by Gasteiger charge is 2.39. The van der Waals surface area contributed by atoms with Crippen molar-refractivity contribution in [3.05, 3.63) is 58.9 Å². The Labute approximate surface area is 156 Å². The molecule has 2 N–H and O–H groups in total. The van der Waals surface area contributed by atoms with Crippen LogP contribution in [-0.2, 0) is 23.6 Å². The number of alkyl halides is 6. The predicted molar refractivity (Wildman–Crippen MR) is 88.3 cm³/mol. The normalized spacial score (nSPS) is 18.8. The summed E-state index contributed by atoms with van der Waals surface area (Å²) in [4.78, 5) is 17.4. The van der Waals surface area contributed by atoms with Crippen LogP contribution >= 0.6 is 0 Å². The lowest BCUT2D eigenvalue weighted by Gasteiger charge is -2.37. The fourth-order valence-corrected chi connectivity index (χ4v) is 3.12. The number of pyridine rings is 1. The Hall–Kier alpha value is -2.62. The van der Waals surface area contributed by atoms with E-state index in [2.05, 4.69) is 4.98 Å². The number of fused-ring (bicyclic) bond motifs is 1. The number of carbonyl (C=O) groups is 1. The van der Waals surface area contributed by atoms with Crippen LogP contribution in [0.25, 0.3) is 0 Å². The van der Waals surface area contributed by atoms with E-state index < -0.39 is 41.5 Å². The molecule has 4 nitrogen and oxygen atoms in total. The molecule has 0 unspecified atom stereocenters. The zero-order chi connectivity index (χ0) is 20.9. The minimum atomic E-state index is -4.68. The fraction of sp³-hybridized carbons (Fsp3) is 0.333. The van der Waals surface area contributed by atoms with Crippen molar-refractivity contribution in [3.63, 3.8) is 0 Å². The molecule has 0 fully saturated rings. The molecule has 1 aromatic heterocycles. The van der Waals surface area contributed by atoms with E-state index in [1.54, 1.807) is 0 Å². The van der Waals surface area contributed by atoms with Crippen LogP contribution in [0.1, 0.15) is 35.3 Å². The number of carbonyl (C=O) groups excluding carboxylic acids is 1. The minimum Gasteiger partial charge on any atom is -0.320 e. The first kappa shape index (κ1) is 20.1. The zero-order valence-electron chi connectivity index (χ0n) is 14.5. The lowest BCUT2D eigenvalue weighted by Crippen LogP contribution is -2.50. The van der Waals surface area contributed by atoms with Crippen LogP contribution in [0.15, 0.2) is 36.5 Å². The number of hydrogen-bond donors (Lipinski definition) is 1. The van der Waals surface area contributed by atoms with Crippen molar-refractivity contribution in [1.29, 1.82) is 0 Å². The quantitative estimate of drug-likeness (QED) is 0.769. The number of halogens is 6. The van der Waals surface area contributed by atoms with Gasteiger partial charge in [-0.15, -0.1) is 0 Å². The third-order valence-corrected chi connectivity index (χ3v) is 4.59. The van der Waals surface area contributed by atoms with E-state index in [1.807, 2.05) is 0 Å². The number of nitrogens with two attached hydrogens (primary N) is 1. The number of hydrogen-bond acceptors (Lipinski definition) is 3. The molecule has 3 rings (SSSR count). The topological polar surface area (TPSA) is 59.2 Å². The molecule has 0 bridgehead atoms. The zero-order valence-corrected chi connectivity index (χ0v) is 14.5. The second kappa shape index (κ2) is 6.77. The second-order valence-corrected chi connectivity index (χ2v) is 6.51.